The molecule has 0 aliphatic heterocycles. The van der Waals surface area contributed by atoms with Gasteiger partial charge in [-0.05, 0) is 55.9 Å². The van der Waals surface area contributed by atoms with Crippen molar-refractivity contribution in [3.05, 3.63) is 71.2 Å². The first-order valence-corrected chi connectivity index (χ1v) is 10.4. The minimum atomic E-state index is 0.0630. The quantitative estimate of drug-likeness (QED) is 0.424. The molecule has 3 rings (SSSR count). The maximum absolute atomic E-state index is 13.0. The smallest absolute Gasteiger partial charge is 0.223 e. The summed E-state index contributed by atoms with van der Waals surface area (Å²) in [6.45, 7) is 4.88. The van der Waals surface area contributed by atoms with Crippen LogP contribution in [0.5, 0.6) is 0 Å². The first kappa shape index (κ1) is 20.1. The van der Waals surface area contributed by atoms with Crippen LogP contribution in [0.25, 0.3) is 0 Å². The van der Waals surface area contributed by atoms with Gasteiger partial charge in [-0.15, -0.1) is 0 Å². The number of rotatable bonds is 8. The van der Waals surface area contributed by atoms with Gasteiger partial charge < -0.3 is 9.32 Å². The molecule has 7 heteroatoms. The van der Waals surface area contributed by atoms with Gasteiger partial charge in [0.15, 0.2) is 5.16 Å². The summed E-state index contributed by atoms with van der Waals surface area (Å²) in [5.74, 6) is 0.824. The number of carbonyl (C=O) groups is 1. The first-order valence-electron chi connectivity index (χ1n) is 9.14. The van der Waals surface area contributed by atoms with Crippen molar-refractivity contribution in [2.75, 3.05) is 6.26 Å². The lowest BCUT2D eigenvalue weighted by Crippen LogP contribution is -2.30. The Balaban J connectivity index is 1.72. The normalized spacial score (nSPS) is 10.8. The van der Waals surface area contributed by atoms with E-state index < -0.39 is 0 Å². The Morgan fingerprint density at radius 3 is 2.54 bits per heavy atom. The molecule has 0 bridgehead atoms. The summed E-state index contributed by atoms with van der Waals surface area (Å²) in [6, 6.07) is 7.56. The van der Waals surface area contributed by atoms with Crippen LogP contribution in [-0.2, 0) is 24.3 Å². The Labute approximate surface area is 169 Å². The Morgan fingerprint density at radius 1 is 1.14 bits per heavy atom. The molecular formula is C21H24N4O2S. The van der Waals surface area contributed by atoms with Crippen LogP contribution in [0.2, 0.25) is 0 Å². The molecule has 0 N–H and O–H groups in total. The van der Waals surface area contributed by atoms with E-state index in [1.165, 1.54) is 11.8 Å². The average Bonchev–Trinajstić information content (AvgIpc) is 3.20. The SMILES string of the molecule is CSc1nc(C)c(CCC(=O)N(Cc2cccnc2)Cc2ccco2)c(C)n1. The number of nitrogens with zero attached hydrogens (tertiary/aromatic N) is 4. The summed E-state index contributed by atoms with van der Waals surface area (Å²) in [4.78, 5) is 28.0. The number of aryl methyl sites for hydroxylation is 2. The number of furan rings is 1. The maximum Gasteiger partial charge on any atom is 0.223 e. The second-order valence-corrected chi connectivity index (χ2v) is 7.32. The van der Waals surface area contributed by atoms with Gasteiger partial charge in [-0.25, -0.2) is 9.97 Å². The fourth-order valence-electron chi connectivity index (χ4n) is 3.09. The highest BCUT2D eigenvalue weighted by atomic mass is 32.2. The number of aromatic nitrogens is 3. The van der Waals surface area contributed by atoms with Gasteiger partial charge in [0, 0.05) is 36.7 Å². The highest BCUT2D eigenvalue weighted by Gasteiger charge is 2.18. The van der Waals surface area contributed by atoms with Crippen LogP contribution in [-0.4, -0.2) is 32.0 Å². The van der Waals surface area contributed by atoms with Crippen molar-refractivity contribution < 1.29 is 9.21 Å². The van der Waals surface area contributed by atoms with E-state index in [0.29, 0.717) is 25.9 Å². The highest BCUT2D eigenvalue weighted by Crippen LogP contribution is 2.18. The predicted octanol–water partition coefficient (Wildman–Crippen LogP) is 3.96. The van der Waals surface area contributed by atoms with Crippen molar-refractivity contribution in [2.45, 2.75) is 44.9 Å². The van der Waals surface area contributed by atoms with Crippen molar-refractivity contribution in [1.82, 2.24) is 19.9 Å². The number of thioether (sulfide) groups is 1. The molecular weight excluding hydrogens is 372 g/mol. The third-order valence-corrected chi connectivity index (χ3v) is 5.10. The summed E-state index contributed by atoms with van der Waals surface area (Å²) in [5, 5.41) is 0.765. The molecule has 0 fully saturated rings. The van der Waals surface area contributed by atoms with Crippen molar-refractivity contribution in [3.8, 4) is 0 Å². The van der Waals surface area contributed by atoms with Gasteiger partial charge in [-0.1, -0.05) is 17.8 Å². The third kappa shape index (κ3) is 5.19. The fourth-order valence-corrected chi connectivity index (χ4v) is 3.54. The van der Waals surface area contributed by atoms with Gasteiger partial charge in [0.25, 0.3) is 0 Å². The third-order valence-electron chi connectivity index (χ3n) is 4.55. The summed E-state index contributed by atoms with van der Waals surface area (Å²) in [5.41, 5.74) is 3.91. The molecule has 146 valence electrons. The predicted molar refractivity (Wildman–Crippen MR) is 109 cm³/mol. The molecule has 0 spiro atoms. The van der Waals surface area contributed by atoms with Gasteiger partial charge in [0.05, 0.1) is 12.8 Å². The molecule has 0 saturated heterocycles. The molecule has 28 heavy (non-hydrogen) atoms. The Kier molecular flexibility index (Phi) is 6.81. The average molecular weight is 397 g/mol. The number of hydrogen-bond donors (Lipinski definition) is 0. The van der Waals surface area contributed by atoms with Crippen molar-refractivity contribution in [1.29, 1.82) is 0 Å². The summed E-state index contributed by atoms with van der Waals surface area (Å²) in [7, 11) is 0. The van der Waals surface area contributed by atoms with Crippen molar-refractivity contribution in [3.63, 3.8) is 0 Å². The zero-order valence-electron chi connectivity index (χ0n) is 16.4. The zero-order chi connectivity index (χ0) is 19.9. The number of amides is 1. The topological polar surface area (TPSA) is 72.1 Å². The number of carbonyl (C=O) groups excluding carboxylic acids is 1. The summed E-state index contributed by atoms with van der Waals surface area (Å²) in [6.07, 6.45) is 8.11. The van der Waals surface area contributed by atoms with Crippen LogP contribution in [0.15, 0.2) is 52.5 Å². The largest absolute Gasteiger partial charge is 0.467 e. The van der Waals surface area contributed by atoms with Crippen LogP contribution in [0.1, 0.15) is 34.7 Å². The van der Waals surface area contributed by atoms with Crippen molar-refractivity contribution >= 4 is 17.7 Å². The number of pyridine rings is 1. The monoisotopic (exact) mass is 396 g/mol. The molecule has 0 aromatic carbocycles. The molecule has 1 amide bonds. The second kappa shape index (κ2) is 9.50. The molecule has 0 aliphatic rings. The summed E-state index contributed by atoms with van der Waals surface area (Å²) < 4.78 is 5.45. The van der Waals surface area contributed by atoms with Crippen LogP contribution in [0, 0.1) is 13.8 Å². The molecule has 3 heterocycles. The van der Waals surface area contributed by atoms with E-state index >= 15 is 0 Å². The van der Waals surface area contributed by atoms with Crippen molar-refractivity contribution in [2.24, 2.45) is 0 Å². The molecule has 0 atom stereocenters. The molecule has 0 unspecified atom stereocenters. The zero-order valence-corrected chi connectivity index (χ0v) is 17.2. The van der Waals surface area contributed by atoms with Gasteiger partial charge in [0.1, 0.15) is 5.76 Å². The maximum atomic E-state index is 13.0. The van der Waals surface area contributed by atoms with Crippen LogP contribution < -0.4 is 0 Å². The molecule has 0 radical (unpaired) electrons. The molecule has 0 saturated carbocycles. The van der Waals surface area contributed by atoms with E-state index in [2.05, 4.69) is 15.0 Å². The van der Waals surface area contributed by atoms with Gasteiger partial charge >= 0.3 is 0 Å². The molecule has 6 nitrogen and oxygen atoms in total. The number of hydrogen-bond acceptors (Lipinski definition) is 6. The van der Waals surface area contributed by atoms with Crippen LogP contribution in [0.3, 0.4) is 0 Å². The van der Waals surface area contributed by atoms with E-state index in [4.69, 9.17) is 4.42 Å². The van der Waals surface area contributed by atoms with E-state index in [1.54, 1.807) is 23.6 Å². The Bertz CT molecular complexity index is 890. The summed E-state index contributed by atoms with van der Waals surface area (Å²) >= 11 is 1.52. The first-order chi connectivity index (χ1) is 13.6. The van der Waals surface area contributed by atoms with Gasteiger partial charge in [0.2, 0.25) is 5.91 Å². The molecule has 0 aliphatic carbocycles. The lowest BCUT2D eigenvalue weighted by molar-refractivity contribution is -0.132. The Morgan fingerprint density at radius 2 is 1.93 bits per heavy atom. The molecule has 3 aromatic heterocycles. The van der Waals surface area contributed by atoms with E-state index in [9.17, 15) is 4.79 Å². The van der Waals surface area contributed by atoms with E-state index in [0.717, 1.165) is 33.4 Å². The lowest BCUT2D eigenvalue weighted by atomic mass is 10.1. The van der Waals surface area contributed by atoms with Crippen LogP contribution in [0.4, 0.5) is 0 Å². The second-order valence-electron chi connectivity index (χ2n) is 6.55. The minimum Gasteiger partial charge on any atom is -0.467 e. The van der Waals surface area contributed by atoms with Gasteiger partial charge in [-0.3, -0.25) is 9.78 Å². The van der Waals surface area contributed by atoms with E-state index in [-0.39, 0.29) is 5.91 Å². The van der Waals surface area contributed by atoms with Crippen LogP contribution >= 0.6 is 11.8 Å². The molecule has 3 aromatic rings. The highest BCUT2D eigenvalue weighted by molar-refractivity contribution is 7.98. The minimum absolute atomic E-state index is 0.0630. The standard InChI is InChI=1S/C21H24N4O2S/c1-15-19(16(2)24-21(23-15)28-3)8-9-20(26)25(14-18-7-5-11-27-18)13-17-6-4-10-22-12-17/h4-7,10-12H,8-9,13-14H2,1-3H3. The van der Waals surface area contributed by atoms with E-state index in [1.807, 2.05) is 44.4 Å². The fraction of sp³-hybridized carbons (Fsp3) is 0.333. The van der Waals surface area contributed by atoms with Gasteiger partial charge in [-0.2, -0.15) is 0 Å². The Hall–Kier alpha value is -2.67. The lowest BCUT2D eigenvalue weighted by Gasteiger charge is -2.22.